The fourth-order valence-electron chi connectivity index (χ4n) is 3.55. The van der Waals surface area contributed by atoms with Crippen LogP contribution in [0.25, 0.3) is 0 Å². The van der Waals surface area contributed by atoms with Gasteiger partial charge in [-0.3, -0.25) is 4.90 Å². The predicted octanol–water partition coefficient (Wildman–Crippen LogP) is 2.75. The van der Waals surface area contributed by atoms with Crippen LogP contribution in [-0.2, 0) is 9.84 Å². The van der Waals surface area contributed by atoms with Crippen LogP contribution in [0.4, 0.5) is 0 Å². The third-order valence-electron chi connectivity index (χ3n) is 5.25. The standard InChI is InChI=1S/C20H25NO4S/c1-15(20(23)16-7-9-17(22)10-8-16)21-13-11-19(12-14-21)26(24,25)18-5-3-2-4-6-18/h2-10,15,19-20,22-23H,11-14H2,1H3/t15-,20-/m1/s1. The first-order chi connectivity index (χ1) is 12.4. The molecule has 0 amide bonds. The number of nitrogens with zero attached hydrogens (tertiary/aromatic N) is 1. The summed E-state index contributed by atoms with van der Waals surface area (Å²) in [6, 6.07) is 15.0. The van der Waals surface area contributed by atoms with Crippen LogP contribution in [0.5, 0.6) is 5.75 Å². The minimum atomic E-state index is -3.31. The van der Waals surface area contributed by atoms with Crippen LogP contribution >= 0.6 is 0 Å². The minimum Gasteiger partial charge on any atom is -0.508 e. The summed E-state index contributed by atoms with van der Waals surface area (Å²) in [5.41, 5.74) is 0.745. The molecule has 0 aromatic heterocycles. The molecule has 1 aliphatic heterocycles. The van der Waals surface area contributed by atoms with Gasteiger partial charge in [-0.25, -0.2) is 8.42 Å². The van der Waals surface area contributed by atoms with Gasteiger partial charge in [0.1, 0.15) is 5.75 Å². The van der Waals surface area contributed by atoms with E-state index in [-0.39, 0.29) is 17.0 Å². The Balaban J connectivity index is 1.63. The van der Waals surface area contributed by atoms with Crippen molar-refractivity contribution in [2.24, 2.45) is 0 Å². The number of phenols is 1. The summed E-state index contributed by atoms with van der Waals surface area (Å²) in [5, 5.41) is 19.6. The number of phenolic OH excluding ortho intramolecular Hbond substituents is 1. The van der Waals surface area contributed by atoms with E-state index in [4.69, 9.17) is 0 Å². The van der Waals surface area contributed by atoms with Crippen LogP contribution in [0.2, 0.25) is 0 Å². The van der Waals surface area contributed by atoms with E-state index in [0.717, 1.165) is 5.56 Å². The number of sulfone groups is 1. The molecular weight excluding hydrogens is 350 g/mol. The highest BCUT2D eigenvalue weighted by atomic mass is 32.2. The maximum atomic E-state index is 12.8. The van der Waals surface area contributed by atoms with Crippen LogP contribution in [0, 0.1) is 0 Å². The van der Waals surface area contributed by atoms with Gasteiger partial charge < -0.3 is 10.2 Å². The van der Waals surface area contributed by atoms with Crippen molar-refractivity contribution >= 4 is 9.84 Å². The van der Waals surface area contributed by atoms with Gasteiger partial charge in [-0.15, -0.1) is 0 Å². The molecule has 3 rings (SSSR count). The number of piperidine rings is 1. The number of aliphatic hydroxyl groups excluding tert-OH is 1. The van der Waals surface area contributed by atoms with E-state index >= 15 is 0 Å². The topological polar surface area (TPSA) is 77.8 Å². The molecule has 1 aliphatic rings. The second-order valence-electron chi connectivity index (χ2n) is 6.87. The van der Waals surface area contributed by atoms with E-state index in [0.29, 0.717) is 30.8 Å². The van der Waals surface area contributed by atoms with Crippen molar-refractivity contribution in [2.45, 2.75) is 42.1 Å². The van der Waals surface area contributed by atoms with Crippen molar-refractivity contribution in [1.29, 1.82) is 0 Å². The lowest BCUT2D eigenvalue weighted by molar-refractivity contribution is 0.0476. The SMILES string of the molecule is C[C@H]([C@@H](O)c1ccc(O)cc1)N1CCC(S(=O)(=O)c2ccccc2)CC1. The number of hydrogen-bond acceptors (Lipinski definition) is 5. The molecule has 6 heteroatoms. The smallest absolute Gasteiger partial charge is 0.181 e. The van der Waals surface area contributed by atoms with Crippen molar-refractivity contribution in [3.05, 3.63) is 60.2 Å². The first kappa shape index (κ1) is 18.9. The summed E-state index contributed by atoms with van der Waals surface area (Å²) in [4.78, 5) is 2.52. The van der Waals surface area contributed by atoms with Gasteiger partial charge in [-0.1, -0.05) is 30.3 Å². The summed E-state index contributed by atoms with van der Waals surface area (Å²) >= 11 is 0. The Morgan fingerprint density at radius 3 is 2.15 bits per heavy atom. The molecular formula is C20H25NO4S. The molecule has 1 heterocycles. The number of likely N-dealkylation sites (tertiary alicyclic amines) is 1. The highest BCUT2D eigenvalue weighted by Gasteiger charge is 2.34. The Labute approximate surface area is 154 Å². The van der Waals surface area contributed by atoms with Crippen molar-refractivity contribution in [1.82, 2.24) is 4.90 Å². The molecule has 26 heavy (non-hydrogen) atoms. The number of aromatic hydroxyl groups is 1. The summed E-state index contributed by atoms with van der Waals surface area (Å²) in [6.45, 7) is 3.21. The average Bonchev–Trinajstić information content (AvgIpc) is 2.68. The zero-order valence-electron chi connectivity index (χ0n) is 14.8. The van der Waals surface area contributed by atoms with E-state index in [1.807, 2.05) is 13.0 Å². The van der Waals surface area contributed by atoms with Crippen molar-refractivity contribution < 1.29 is 18.6 Å². The highest BCUT2D eigenvalue weighted by molar-refractivity contribution is 7.92. The maximum absolute atomic E-state index is 12.8. The monoisotopic (exact) mass is 375 g/mol. The van der Waals surface area contributed by atoms with Crippen molar-refractivity contribution in [3.63, 3.8) is 0 Å². The zero-order chi connectivity index (χ0) is 18.7. The van der Waals surface area contributed by atoms with E-state index in [9.17, 15) is 18.6 Å². The molecule has 5 nitrogen and oxygen atoms in total. The number of aliphatic hydroxyl groups is 1. The fraction of sp³-hybridized carbons (Fsp3) is 0.400. The predicted molar refractivity (Wildman–Crippen MR) is 101 cm³/mol. The third-order valence-corrected chi connectivity index (χ3v) is 7.53. The second kappa shape index (κ2) is 7.78. The molecule has 0 radical (unpaired) electrons. The highest BCUT2D eigenvalue weighted by Crippen LogP contribution is 2.29. The normalized spacial score (nSPS) is 19.2. The maximum Gasteiger partial charge on any atom is 0.181 e. The first-order valence-electron chi connectivity index (χ1n) is 8.89. The zero-order valence-corrected chi connectivity index (χ0v) is 15.6. The van der Waals surface area contributed by atoms with Gasteiger partial charge >= 0.3 is 0 Å². The molecule has 2 aromatic rings. The van der Waals surface area contributed by atoms with Gasteiger partial charge in [0.05, 0.1) is 16.2 Å². The molecule has 0 bridgehead atoms. The summed E-state index contributed by atoms with van der Waals surface area (Å²) in [5.74, 6) is 0.167. The van der Waals surface area contributed by atoms with Crippen molar-refractivity contribution in [2.75, 3.05) is 13.1 Å². The number of hydrogen-bond donors (Lipinski definition) is 2. The molecule has 140 valence electrons. The molecule has 0 saturated carbocycles. The summed E-state index contributed by atoms with van der Waals surface area (Å²) in [7, 11) is -3.31. The Kier molecular flexibility index (Phi) is 5.65. The van der Waals surface area contributed by atoms with Crippen LogP contribution in [0.3, 0.4) is 0 Å². The van der Waals surface area contributed by atoms with Gasteiger partial charge in [0.2, 0.25) is 0 Å². The molecule has 1 saturated heterocycles. The largest absolute Gasteiger partial charge is 0.508 e. The molecule has 2 atom stereocenters. The molecule has 0 unspecified atom stereocenters. The van der Waals surface area contributed by atoms with Crippen LogP contribution in [0.1, 0.15) is 31.4 Å². The Morgan fingerprint density at radius 2 is 1.58 bits per heavy atom. The third kappa shape index (κ3) is 3.92. The molecule has 1 fully saturated rings. The molecule has 2 N–H and O–H groups in total. The fourth-order valence-corrected chi connectivity index (χ4v) is 5.30. The van der Waals surface area contributed by atoms with Gasteiger partial charge in [0.25, 0.3) is 0 Å². The van der Waals surface area contributed by atoms with E-state index in [1.54, 1.807) is 48.5 Å². The Bertz CT molecular complexity index is 813. The van der Waals surface area contributed by atoms with Crippen LogP contribution in [-0.4, -0.2) is 47.9 Å². The molecule has 2 aromatic carbocycles. The van der Waals surface area contributed by atoms with Gasteiger partial charge in [0, 0.05) is 6.04 Å². The summed E-state index contributed by atoms with van der Waals surface area (Å²) in [6.07, 6.45) is 0.436. The lowest BCUT2D eigenvalue weighted by Gasteiger charge is -2.37. The number of rotatable bonds is 5. The van der Waals surface area contributed by atoms with Gasteiger partial charge in [-0.05, 0) is 62.7 Å². The second-order valence-corrected chi connectivity index (χ2v) is 9.10. The first-order valence-corrected chi connectivity index (χ1v) is 10.4. The van der Waals surface area contributed by atoms with Gasteiger partial charge in [-0.2, -0.15) is 0 Å². The molecule has 0 spiro atoms. The van der Waals surface area contributed by atoms with Gasteiger partial charge in [0.15, 0.2) is 9.84 Å². The lowest BCUT2D eigenvalue weighted by Crippen LogP contribution is -2.45. The van der Waals surface area contributed by atoms with Crippen LogP contribution < -0.4 is 0 Å². The lowest BCUT2D eigenvalue weighted by atomic mass is 9.99. The molecule has 0 aliphatic carbocycles. The Hall–Kier alpha value is -1.89. The van der Waals surface area contributed by atoms with Crippen molar-refractivity contribution in [3.8, 4) is 5.75 Å². The quantitative estimate of drug-likeness (QED) is 0.840. The Morgan fingerprint density at radius 1 is 1.00 bits per heavy atom. The van der Waals surface area contributed by atoms with E-state index < -0.39 is 15.9 Å². The summed E-state index contributed by atoms with van der Waals surface area (Å²) < 4.78 is 25.5. The minimum absolute atomic E-state index is 0.125. The van der Waals surface area contributed by atoms with Crippen LogP contribution in [0.15, 0.2) is 59.5 Å². The number of benzene rings is 2. The van der Waals surface area contributed by atoms with E-state index in [1.165, 1.54) is 0 Å². The average molecular weight is 375 g/mol. The van der Waals surface area contributed by atoms with E-state index in [2.05, 4.69) is 4.90 Å².